The topological polar surface area (TPSA) is 71.3 Å². The van der Waals surface area contributed by atoms with Gasteiger partial charge in [0, 0.05) is 24.8 Å². The van der Waals surface area contributed by atoms with Gasteiger partial charge in [0.25, 0.3) is 0 Å². The fourth-order valence-electron chi connectivity index (χ4n) is 2.69. The van der Waals surface area contributed by atoms with Crippen LogP contribution in [0.2, 0.25) is 5.02 Å². The molecule has 4 aromatic rings. The number of rotatable bonds is 4. The molecule has 0 atom stereocenters. The minimum atomic E-state index is -1.94. The summed E-state index contributed by atoms with van der Waals surface area (Å²) in [7, 11) is 0. The van der Waals surface area contributed by atoms with Gasteiger partial charge in [-0.25, -0.2) is 20.4 Å². The second-order valence-corrected chi connectivity index (χ2v) is 5.23. The van der Waals surface area contributed by atoms with E-state index < -0.39 is 6.69 Å². The molecule has 0 aliphatic heterocycles. The van der Waals surface area contributed by atoms with Crippen molar-refractivity contribution in [3.05, 3.63) is 72.8 Å². The third kappa shape index (κ3) is 1.72. The summed E-state index contributed by atoms with van der Waals surface area (Å²) >= 11 is 6.09. The fourth-order valence-corrected chi connectivity index (χ4v) is 2.83. The maximum atomic E-state index is 6.09. The highest BCUT2D eigenvalue weighted by molar-refractivity contribution is 6.72. The monoisotopic (exact) mass is 313 g/mol. The highest BCUT2D eigenvalue weighted by atomic mass is 35.5. The molecule has 0 spiro atoms. The van der Waals surface area contributed by atoms with E-state index in [0.29, 0.717) is 5.02 Å². The molecule has 0 aromatic carbocycles. The van der Waals surface area contributed by atoms with Crippen molar-refractivity contribution in [1.82, 2.24) is 38.8 Å². The first kappa shape index (κ1) is 12.9. The average molecular weight is 314 g/mol. The summed E-state index contributed by atoms with van der Waals surface area (Å²) in [5.74, 6) is 0. The van der Waals surface area contributed by atoms with Crippen molar-refractivity contribution in [2.75, 3.05) is 0 Å². The quantitative estimate of drug-likeness (QED) is 0.528. The normalized spacial score (nSPS) is 11.9. The Hall–Kier alpha value is -2.81. The van der Waals surface area contributed by atoms with Gasteiger partial charge in [-0.2, -0.15) is 0 Å². The molecule has 0 fully saturated rings. The van der Waals surface area contributed by atoms with Crippen LogP contribution in [0.25, 0.3) is 0 Å². The van der Waals surface area contributed by atoms with Gasteiger partial charge in [0.15, 0.2) is 0 Å². The van der Waals surface area contributed by atoms with Gasteiger partial charge in [-0.3, -0.25) is 0 Å². The van der Waals surface area contributed by atoms with Crippen molar-refractivity contribution in [2.45, 2.75) is 0 Å². The smallest absolute Gasteiger partial charge is 0.379 e. The molecule has 10 heteroatoms. The van der Waals surface area contributed by atoms with E-state index in [4.69, 9.17) is 11.6 Å². The number of hydrogen-bond acceptors (Lipinski definition) is 4. The molecular formula is C12H11BClN8-. The molecule has 0 unspecified atom stereocenters. The molecule has 0 N–H and O–H groups in total. The van der Waals surface area contributed by atoms with Gasteiger partial charge >= 0.3 is 6.69 Å². The molecular weight excluding hydrogens is 302 g/mol. The van der Waals surface area contributed by atoms with Crippen LogP contribution in [0.4, 0.5) is 0 Å². The summed E-state index contributed by atoms with van der Waals surface area (Å²) < 4.78 is 7.02. The SMILES string of the molecule is Clc1cnn([B-](n2cccn2)(n2cccn2)n2cccn2)c1. The van der Waals surface area contributed by atoms with Gasteiger partial charge in [-0.1, -0.05) is 11.6 Å². The number of aromatic nitrogens is 8. The Labute approximate surface area is 130 Å². The zero-order valence-corrected chi connectivity index (χ0v) is 12.1. The highest BCUT2D eigenvalue weighted by Gasteiger charge is 2.38. The Morgan fingerprint density at radius 3 is 1.55 bits per heavy atom. The molecule has 4 rings (SSSR count). The van der Waals surface area contributed by atoms with Crippen molar-refractivity contribution in [3.63, 3.8) is 0 Å². The average Bonchev–Trinajstić information content (AvgIpc) is 3.31. The van der Waals surface area contributed by atoms with E-state index in [-0.39, 0.29) is 0 Å². The Bertz CT molecular complexity index is 765. The molecule has 0 saturated heterocycles. The van der Waals surface area contributed by atoms with Crippen molar-refractivity contribution >= 4 is 18.3 Å². The molecule has 4 heterocycles. The maximum absolute atomic E-state index is 6.09. The molecule has 0 aliphatic rings. The summed E-state index contributed by atoms with van der Waals surface area (Å²) in [6.07, 6.45) is 14.0. The van der Waals surface area contributed by atoms with Crippen LogP contribution in [-0.4, -0.2) is 45.5 Å². The van der Waals surface area contributed by atoms with E-state index in [1.54, 1.807) is 49.4 Å². The van der Waals surface area contributed by atoms with E-state index in [0.717, 1.165) is 0 Å². The molecule has 0 bridgehead atoms. The van der Waals surface area contributed by atoms with Crippen LogP contribution in [0.3, 0.4) is 0 Å². The summed E-state index contributed by atoms with van der Waals surface area (Å²) in [6.45, 7) is -1.94. The Kier molecular flexibility index (Phi) is 2.86. The summed E-state index contributed by atoms with van der Waals surface area (Å²) in [5, 5.41) is 18.1. The molecule has 22 heavy (non-hydrogen) atoms. The van der Waals surface area contributed by atoms with Crippen molar-refractivity contribution in [1.29, 1.82) is 0 Å². The van der Waals surface area contributed by atoms with Crippen molar-refractivity contribution in [2.24, 2.45) is 0 Å². The van der Waals surface area contributed by atoms with Gasteiger partial charge in [0.05, 0.1) is 11.2 Å². The predicted molar refractivity (Wildman–Crippen MR) is 81.3 cm³/mol. The second kappa shape index (κ2) is 4.88. The van der Waals surface area contributed by atoms with E-state index in [1.807, 2.05) is 36.8 Å². The Morgan fingerprint density at radius 2 is 1.23 bits per heavy atom. The Morgan fingerprint density at radius 1 is 0.727 bits per heavy atom. The first-order valence-electron chi connectivity index (χ1n) is 6.66. The molecule has 0 aliphatic carbocycles. The zero-order valence-electron chi connectivity index (χ0n) is 11.4. The lowest BCUT2D eigenvalue weighted by Crippen LogP contribution is -2.65. The third-order valence-corrected chi connectivity index (χ3v) is 3.76. The van der Waals surface area contributed by atoms with E-state index in [9.17, 15) is 0 Å². The number of nitrogens with zero attached hydrogens (tertiary/aromatic N) is 8. The third-order valence-electron chi connectivity index (χ3n) is 3.56. The zero-order chi connectivity index (χ0) is 15.0. The Balaban J connectivity index is 2.09. The van der Waals surface area contributed by atoms with E-state index in [2.05, 4.69) is 20.4 Å². The lowest BCUT2D eigenvalue weighted by atomic mass is 9.75. The first-order chi connectivity index (χ1) is 10.8. The van der Waals surface area contributed by atoms with Crippen LogP contribution in [0.5, 0.6) is 0 Å². The van der Waals surface area contributed by atoms with Gasteiger partial charge < -0.3 is 18.4 Å². The molecule has 0 amide bonds. The van der Waals surface area contributed by atoms with Crippen LogP contribution in [0.1, 0.15) is 0 Å². The summed E-state index contributed by atoms with van der Waals surface area (Å²) in [4.78, 5) is 0. The van der Waals surface area contributed by atoms with Crippen LogP contribution in [-0.2, 0) is 0 Å². The van der Waals surface area contributed by atoms with Crippen molar-refractivity contribution in [3.8, 4) is 0 Å². The first-order valence-corrected chi connectivity index (χ1v) is 7.04. The summed E-state index contributed by atoms with van der Waals surface area (Å²) in [5.41, 5.74) is 0. The predicted octanol–water partition coefficient (Wildman–Crippen LogP) is 1.05. The minimum Gasteiger partial charge on any atom is -0.379 e. The lowest BCUT2D eigenvalue weighted by Gasteiger charge is -2.41. The largest absolute Gasteiger partial charge is 0.466 e. The van der Waals surface area contributed by atoms with Crippen molar-refractivity contribution < 1.29 is 0 Å². The number of halogens is 1. The second-order valence-electron chi connectivity index (χ2n) is 4.79. The van der Waals surface area contributed by atoms with Gasteiger partial charge in [0.2, 0.25) is 0 Å². The maximum Gasteiger partial charge on any atom is 0.466 e. The minimum absolute atomic E-state index is 0.526. The molecule has 0 saturated carbocycles. The molecule has 8 nitrogen and oxygen atoms in total. The van der Waals surface area contributed by atoms with E-state index in [1.165, 1.54) is 0 Å². The number of hydrogen-bond donors (Lipinski definition) is 0. The van der Waals surface area contributed by atoms with Gasteiger partial charge in [0.1, 0.15) is 0 Å². The molecule has 0 radical (unpaired) electrons. The van der Waals surface area contributed by atoms with Crippen LogP contribution < -0.4 is 0 Å². The standard InChI is InChI=1S/C12H11BClN8/c14-12-10-18-22(11-12)13(19-7-1-4-15-19,20-8-2-5-16-20)21-9-3-6-17-21/h1-11H/q-1. The van der Waals surface area contributed by atoms with Crippen LogP contribution in [0.15, 0.2) is 67.8 Å². The van der Waals surface area contributed by atoms with E-state index >= 15 is 0 Å². The molecule has 110 valence electrons. The highest BCUT2D eigenvalue weighted by Crippen LogP contribution is 2.16. The summed E-state index contributed by atoms with van der Waals surface area (Å²) in [6, 6.07) is 5.53. The lowest BCUT2D eigenvalue weighted by molar-refractivity contribution is 0.655. The van der Waals surface area contributed by atoms with Crippen LogP contribution in [0, 0.1) is 0 Å². The fraction of sp³-hybridized carbons (Fsp3) is 0. The van der Waals surface area contributed by atoms with Gasteiger partial charge in [-0.05, 0) is 36.8 Å². The van der Waals surface area contributed by atoms with Crippen LogP contribution >= 0.6 is 11.6 Å². The molecule has 4 aromatic heterocycles. The van der Waals surface area contributed by atoms with Gasteiger partial charge in [-0.15, -0.1) is 0 Å².